The molecule has 0 atom stereocenters. The van der Waals surface area contributed by atoms with Crippen molar-refractivity contribution in [3.05, 3.63) is 27.9 Å². The van der Waals surface area contributed by atoms with Crippen LogP contribution in [0.1, 0.15) is 19.5 Å². The van der Waals surface area contributed by atoms with Gasteiger partial charge in [-0.25, -0.2) is 18.4 Å². The summed E-state index contributed by atoms with van der Waals surface area (Å²) in [6.45, 7) is 5.32. The van der Waals surface area contributed by atoms with Crippen molar-refractivity contribution in [1.29, 1.82) is 0 Å². The van der Waals surface area contributed by atoms with Crippen LogP contribution in [0.15, 0.2) is 17.2 Å². The lowest BCUT2D eigenvalue weighted by molar-refractivity contribution is 0.577. The highest BCUT2D eigenvalue weighted by molar-refractivity contribution is 7.91. The summed E-state index contributed by atoms with van der Waals surface area (Å²) in [4.78, 5) is 8.47. The number of sulfone groups is 1. The molecule has 2 rings (SSSR count). The second-order valence-electron chi connectivity index (χ2n) is 5.04. The Hall–Kier alpha value is -0.910. The van der Waals surface area contributed by atoms with E-state index in [4.69, 9.17) is 23.2 Å². The van der Waals surface area contributed by atoms with E-state index in [9.17, 15) is 8.42 Å². The zero-order valence-electron chi connectivity index (χ0n) is 11.3. The zero-order valence-corrected chi connectivity index (χ0v) is 13.6. The smallest absolute Gasteiger partial charge is 0.197 e. The molecule has 0 amide bonds. The van der Waals surface area contributed by atoms with Gasteiger partial charge in [0, 0.05) is 0 Å². The first-order valence-electron chi connectivity index (χ1n) is 6.07. The molecule has 0 aliphatic rings. The summed E-state index contributed by atoms with van der Waals surface area (Å²) in [7, 11) is -3.45. The van der Waals surface area contributed by atoms with E-state index >= 15 is 0 Å². The minimum Gasteiger partial charge on any atom is -0.248 e. The van der Waals surface area contributed by atoms with E-state index in [2.05, 4.69) is 9.97 Å². The molecule has 1 aromatic heterocycles. The lowest BCUT2D eigenvalue weighted by Gasteiger charge is -2.10. The summed E-state index contributed by atoms with van der Waals surface area (Å²) >= 11 is 11.8. The van der Waals surface area contributed by atoms with Gasteiger partial charge in [0.2, 0.25) is 0 Å². The SMILES string of the molecule is Cc1nc2cc(Cl)c(Cl)cc2nc1S(=O)(=O)CC(C)C. The fraction of sp³-hybridized carbons (Fsp3) is 0.385. The predicted molar refractivity (Wildman–Crippen MR) is 81.2 cm³/mol. The number of fused-ring (bicyclic) bond motifs is 1. The average Bonchev–Trinajstić information content (AvgIpc) is 2.28. The van der Waals surface area contributed by atoms with Crippen molar-refractivity contribution in [3.63, 3.8) is 0 Å². The number of hydrogen-bond acceptors (Lipinski definition) is 4. The van der Waals surface area contributed by atoms with Crippen molar-refractivity contribution >= 4 is 44.1 Å². The third-order valence-corrected chi connectivity index (χ3v) is 5.49. The van der Waals surface area contributed by atoms with Gasteiger partial charge in [-0.2, -0.15) is 0 Å². The second kappa shape index (κ2) is 5.47. The largest absolute Gasteiger partial charge is 0.248 e. The molecule has 0 saturated heterocycles. The van der Waals surface area contributed by atoms with Gasteiger partial charge in [-0.05, 0) is 25.0 Å². The fourth-order valence-electron chi connectivity index (χ4n) is 1.94. The molecule has 0 N–H and O–H groups in total. The number of aryl methyl sites for hydroxylation is 1. The Morgan fingerprint density at radius 2 is 1.60 bits per heavy atom. The van der Waals surface area contributed by atoms with Gasteiger partial charge in [-0.1, -0.05) is 37.0 Å². The molecular weight excluding hydrogens is 319 g/mol. The van der Waals surface area contributed by atoms with Crippen LogP contribution in [0.4, 0.5) is 0 Å². The van der Waals surface area contributed by atoms with E-state index in [1.54, 1.807) is 13.0 Å². The van der Waals surface area contributed by atoms with Gasteiger partial charge in [-0.3, -0.25) is 0 Å². The summed E-state index contributed by atoms with van der Waals surface area (Å²) in [5, 5.41) is 0.701. The molecule has 0 aliphatic carbocycles. The van der Waals surface area contributed by atoms with Gasteiger partial charge < -0.3 is 0 Å². The van der Waals surface area contributed by atoms with E-state index in [1.165, 1.54) is 6.07 Å². The number of rotatable bonds is 3. The molecule has 0 unspecified atom stereocenters. The molecule has 20 heavy (non-hydrogen) atoms. The maximum atomic E-state index is 12.3. The van der Waals surface area contributed by atoms with Crippen LogP contribution in [0.25, 0.3) is 11.0 Å². The first kappa shape index (κ1) is 15.5. The molecule has 7 heteroatoms. The summed E-state index contributed by atoms with van der Waals surface area (Å²) in [6, 6.07) is 3.11. The summed E-state index contributed by atoms with van der Waals surface area (Å²) in [5.41, 5.74) is 1.32. The number of aromatic nitrogens is 2. The monoisotopic (exact) mass is 332 g/mol. The van der Waals surface area contributed by atoms with Crippen LogP contribution in [0.2, 0.25) is 10.0 Å². The third kappa shape index (κ3) is 3.05. The normalized spacial score (nSPS) is 12.3. The number of hydrogen-bond donors (Lipinski definition) is 0. The maximum absolute atomic E-state index is 12.3. The van der Waals surface area contributed by atoms with Gasteiger partial charge in [0.1, 0.15) is 0 Å². The zero-order chi connectivity index (χ0) is 15.1. The highest BCUT2D eigenvalue weighted by atomic mass is 35.5. The highest BCUT2D eigenvalue weighted by Gasteiger charge is 2.22. The Morgan fingerprint density at radius 1 is 1.10 bits per heavy atom. The van der Waals surface area contributed by atoms with Crippen LogP contribution < -0.4 is 0 Å². The molecule has 108 valence electrons. The Morgan fingerprint density at radius 3 is 2.10 bits per heavy atom. The van der Waals surface area contributed by atoms with Crippen molar-refractivity contribution in [1.82, 2.24) is 9.97 Å². The second-order valence-corrected chi connectivity index (χ2v) is 7.81. The van der Waals surface area contributed by atoms with Gasteiger partial charge in [0.15, 0.2) is 14.9 Å². The van der Waals surface area contributed by atoms with Crippen LogP contribution >= 0.6 is 23.2 Å². The van der Waals surface area contributed by atoms with Crippen LogP contribution in [0, 0.1) is 12.8 Å². The molecule has 0 radical (unpaired) electrons. The minimum atomic E-state index is -3.45. The van der Waals surface area contributed by atoms with Crippen molar-refractivity contribution in [3.8, 4) is 0 Å². The van der Waals surface area contributed by atoms with E-state index in [0.717, 1.165) is 0 Å². The molecule has 0 saturated carbocycles. The molecule has 2 aromatic rings. The molecule has 1 aromatic carbocycles. The Bertz CT molecular complexity index is 774. The Balaban J connectivity index is 2.67. The summed E-state index contributed by atoms with van der Waals surface area (Å²) < 4.78 is 24.6. The van der Waals surface area contributed by atoms with E-state index < -0.39 is 9.84 Å². The van der Waals surface area contributed by atoms with E-state index in [-0.39, 0.29) is 16.7 Å². The Labute approximate surface area is 128 Å². The molecular formula is C13H14Cl2N2O2S. The Kier molecular flexibility index (Phi) is 4.23. The first-order valence-corrected chi connectivity index (χ1v) is 8.47. The summed E-state index contributed by atoms with van der Waals surface area (Å²) in [5.74, 6) is 0.0562. The average molecular weight is 333 g/mol. The highest BCUT2D eigenvalue weighted by Crippen LogP contribution is 2.27. The van der Waals surface area contributed by atoms with Crippen LogP contribution in [-0.4, -0.2) is 24.1 Å². The fourth-order valence-corrected chi connectivity index (χ4v) is 4.02. The number of nitrogens with zero attached hydrogens (tertiary/aromatic N) is 2. The van der Waals surface area contributed by atoms with Gasteiger partial charge in [0.05, 0.1) is 32.5 Å². The molecule has 0 fully saturated rings. The molecule has 0 aliphatic heterocycles. The molecule has 1 heterocycles. The first-order chi connectivity index (χ1) is 9.20. The van der Waals surface area contributed by atoms with E-state index in [0.29, 0.717) is 26.8 Å². The van der Waals surface area contributed by atoms with Gasteiger partial charge in [0.25, 0.3) is 0 Å². The van der Waals surface area contributed by atoms with Crippen molar-refractivity contribution in [2.75, 3.05) is 5.75 Å². The predicted octanol–water partition coefficient (Wildman–Crippen LogP) is 3.67. The van der Waals surface area contributed by atoms with Crippen LogP contribution in [0.5, 0.6) is 0 Å². The van der Waals surface area contributed by atoms with Crippen LogP contribution in [0.3, 0.4) is 0 Å². The standard InChI is InChI=1S/C13H14Cl2N2O2S/c1-7(2)6-20(18,19)13-8(3)16-11-4-9(14)10(15)5-12(11)17-13/h4-5,7H,6H2,1-3H3. The van der Waals surface area contributed by atoms with Crippen molar-refractivity contribution in [2.24, 2.45) is 5.92 Å². The number of benzene rings is 1. The van der Waals surface area contributed by atoms with E-state index in [1.807, 2.05) is 13.8 Å². The lowest BCUT2D eigenvalue weighted by Crippen LogP contribution is -2.15. The maximum Gasteiger partial charge on any atom is 0.197 e. The summed E-state index contributed by atoms with van der Waals surface area (Å²) in [6.07, 6.45) is 0. The van der Waals surface area contributed by atoms with Gasteiger partial charge >= 0.3 is 0 Å². The molecule has 0 spiro atoms. The minimum absolute atomic E-state index is 0.0112. The lowest BCUT2D eigenvalue weighted by atomic mass is 10.3. The number of halogens is 2. The van der Waals surface area contributed by atoms with Crippen LogP contribution in [-0.2, 0) is 9.84 Å². The van der Waals surface area contributed by atoms with Crippen molar-refractivity contribution < 1.29 is 8.42 Å². The molecule has 4 nitrogen and oxygen atoms in total. The van der Waals surface area contributed by atoms with Gasteiger partial charge in [-0.15, -0.1) is 0 Å². The van der Waals surface area contributed by atoms with Crippen molar-refractivity contribution in [2.45, 2.75) is 25.8 Å². The topological polar surface area (TPSA) is 59.9 Å². The molecule has 0 bridgehead atoms. The quantitative estimate of drug-likeness (QED) is 0.860. The third-order valence-electron chi connectivity index (χ3n) is 2.68.